The van der Waals surface area contributed by atoms with Crippen molar-refractivity contribution in [1.29, 1.82) is 0 Å². The average Bonchev–Trinajstić information content (AvgIpc) is 3.18. The summed E-state index contributed by atoms with van der Waals surface area (Å²) in [5.41, 5.74) is 6.45. The lowest BCUT2D eigenvalue weighted by molar-refractivity contribution is -0.122. The summed E-state index contributed by atoms with van der Waals surface area (Å²) in [4.78, 5) is 25.2. The molecule has 3 rings (SSSR count). The summed E-state index contributed by atoms with van der Waals surface area (Å²) in [5.74, 6) is -0.0490. The first-order valence-corrected chi connectivity index (χ1v) is 7.99. The highest BCUT2D eigenvalue weighted by Gasteiger charge is 2.27. The Morgan fingerprint density at radius 2 is 2.04 bits per heavy atom. The van der Waals surface area contributed by atoms with Crippen molar-refractivity contribution in [2.45, 2.75) is 13.0 Å². The van der Waals surface area contributed by atoms with Crippen molar-refractivity contribution in [3.05, 3.63) is 48.2 Å². The second-order valence-corrected chi connectivity index (χ2v) is 6.06. The average molecular weight is 327 g/mol. The maximum Gasteiger partial charge on any atom is 0.239 e. The molecule has 0 radical (unpaired) electrons. The van der Waals surface area contributed by atoms with Crippen LogP contribution in [0.15, 0.2) is 42.6 Å². The van der Waals surface area contributed by atoms with Crippen LogP contribution in [0.2, 0.25) is 0 Å². The lowest BCUT2D eigenvalue weighted by Crippen LogP contribution is -2.33. The minimum Gasteiger partial charge on any atom is -0.369 e. The van der Waals surface area contributed by atoms with Crippen molar-refractivity contribution >= 4 is 17.6 Å². The van der Waals surface area contributed by atoms with Crippen LogP contribution in [0.25, 0.3) is 0 Å². The Bertz CT molecular complexity index is 713. The van der Waals surface area contributed by atoms with E-state index in [-0.39, 0.29) is 24.3 Å². The summed E-state index contributed by atoms with van der Waals surface area (Å²) < 4.78 is 1.78. The third-order valence-corrected chi connectivity index (χ3v) is 4.14. The first kappa shape index (κ1) is 16.2. The number of rotatable bonds is 6. The summed E-state index contributed by atoms with van der Waals surface area (Å²) in [6.45, 7) is 2.16. The Morgan fingerprint density at radius 1 is 1.25 bits per heavy atom. The number of carbonyl (C=O) groups excluding carboxylic acids is 2. The van der Waals surface area contributed by atoms with Gasteiger partial charge in [-0.3, -0.25) is 19.2 Å². The number of anilines is 1. The molecule has 1 fully saturated rings. The van der Waals surface area contributed by atoms with Crippen LogP contribution in [0, 0.1) is 5.92 Å². The van der Waals surface area contributed by atoms with E-state index in [1.807, 2.05) is 41.4 Å². The van der Waals surface area contributed by atoms with Crippen molar-refractivity contribution in [3.8, 4) is 0 Å². The largest absolute Gasteiger partial charge is 0.369 e. The third kappa shape index (κ3) is 4.20. The molecule has 1 aromatic carbocycles. The molecule has 3 N–H and O–H groups in total. The number of hydrogen-bond acceptors (Lipinski definition) is 4. The van der Waals surface area contributed by atoms with Gasteiger partial charge in [0.05, 0.1) is 19.0 Å². The molecule has 0 unspecified atom stereocenters. The van der Waals surface area contributed by atoms with E-state index in [0.717, 1.165) is 5.56 Å². The second-order valence-electron chi connectivity index (χ2n) is 6.06. The number of amides is 2. The third-order valence-electron chi connectivity index (χ3n) is 4.14. The first-order valence-electron chi connectivity index (χ1n) is 7.99. The number of nitrogens with two attached hydrogens (primary N) is 1. The number of nitrogens with one attached hydrogen (secondary N) is 1. The smallest absolute Gasteiger partial charge is 0.239 e. The van der Waals surface area contributed by atoms with Crippen molar-refractivity contribution in [2.75, 3.05) is 25.0 Å². The van der Waals surface area contributed by atoms with Crippen LogP contribution in [0.1, 0.15) is 12.0 Å². The van der Waals surface area contributed by atoms with E-state index in [0.29, 0.717) is 31.9 Å². The van der Waals surface area contributed by atoms with Crippen molar-refractivity contribution in [1.82, 2.24) is 14.7 Å². The Kier molecular flexibility index (Phi) is 4.90. The number of aromatic nitrogens is 2. The SMILES string of the molecule is NC(=O)[C@H]1CCN(CC(=O)Nc2ccn(Cc3ccccc3)n2)C1. The van der Waals surface area contributed by atoms with Crippen LogP contribution >= 0.6 is 0 Å². The van der Waals surface area contributed by atoms with Gasteiger partial charge < -0.3 is 11.1 Å². The summed E-state index contributed by atoms with van der Waals surface area (Å²) >= 11 is 0. The Morgan fingerprint density at radius 3 is 2.75 bits per heavy atom. The van der Waals surface area contributed by atoms with Crippen LogP contribution in [0.3, 0.4) is 0 Å². The van der Waals surface area contributed by atoms with Crippen molar-refractivity contribution < 1.29 is 9.59 Å². The topological polar surface area (TPSA) is 93.3 Å². The molecular weight excluding hydrogens is 306 g/mol. The fraction of sp³-hybridized carbons (Fsp3) is 0.353. The zero-order chi connectivity index (χ0) is 16.9. The van der Waals surface area contributed by atoms with Gasteiger partial charge in [-0.1, -0.05) is 30.3 Å². The Labute approximate surface area is 140 Å². The predicted molar refractivity (Wildman–Crippen MR) is 90.1 cm³/mol. The summed E-state index contributed by atoms with van der Waals surface area (Å²) in [5, 5.41) is 7.15. The quantitative estimate of drug-likeness (QED) is 0.816. The maximum absolute atomic E-state index is 12.1. The molecule has 24 heavy (non-hydrogen) atoms. The Hall–Kier alpha value is -2.67. The lowest BCUT2D eigenvalue weighted by atomic mass is 10.1. The normalized spacial score (nSPS) is 17.8. The molecule has 0 aliphatic carbocycles. The number of hydrogen-bond donors (Lipinski definition) is 2. The molecule has 0 spiro atoms. The number of primary amides is 1. The molecule has 1 aliphatic rings. The van der Waals surface area contributed by atoms with Crippen molar-refractivity contribution in [2.24, 2.45) is 11.7 Å². The molecule has 0 saturated carbocycles. The highest BCUT2D eigenvalue weighted by Crippen LogP contribution is 2.15. The van der Waals surface area contributed by atoms with Crippen molar-refractivity contribution in [3.63, 3.8) is 0 Å². The first-order chi connectivity index (χ1) is 11.6. The number of carbonyl (C=O) groups is 2. The van der Waals surface area contributed by atoms with Crippen LogP contribution in [0.5, 0.6) is 0 Å². The van der Waals surface area contributed by atoms with Gasteiger partial charge >= 0.3 is 0 Å². The van der Waals surface area contributed by atoms with E-state index in [4.69, 9.17) is 5.73 Å². The van der Waals surface area contributed by atoms with E-state index in [1.165, 1.54) is 0 Å². The number of benzene rings is 1. The molecule has 1 atom stereocenters. The summed E-state index contributed by atoms with van der Waals surface area (Å²) in [6, 6.07) is 11.8. The number of likely N-dealkylation sites (tertiary alicyclic amines) is 1. The van der Waals surface area contributed by atoms with Gasteiger partial charge in [0.15, 0.2) is 5.82 Å². The molecular formula is C17H21N5O2. The molecule has 1 saturated heterocycles. The van der Waals surface area contributed by atoms with Gasteiger partial charge in [0.2, 0.25) is 11.8 Å². The van der Waals surface area contributed by atoms with Gasteiger partial charge in [-0.15, -0.1) is 0 Å². The molecule has 1 aliphatic heterocycles. The minimum absolute atomic E-state index is 0.134. The van der Waals surface area contributed by atoms with Crippen LogP contribution < -0.4 is 11.1 Å². The van der Waals surface area contributed by atoms with Gasteiger partial charge in [-0.2, -0.15) is 5.10 Å². The molecule has 126 valence electrons. The summed E-state index contributed by atoms with van der Waals surface area (Å²) in [6.07, 6.45) is 2.55. The van der Waals surface area contributed by atoms with Crippen LogP contribution in [-0.4, -0.2) is 46.1 Å². The van der Waals surface area contributed by atoms with Crippen LogP contribution in [0.4, 0.5) is 5.82 Å². The van der Waals surface area contributed by atoms with E-state index in [1.54, 1.807) is 10.7 Å². The Balaban J connectivity index is 1.49. The highest BCUT2D eigenvalue weighted by atomic mass is 16.2. The van der Waals surface area contributed by atoms with Gasteiger partial charge in [-0.25, -0.2) is 0 Å². The molecule has 7 nitrogen and oxygen atoms in total. The minimum atomic E-state index is -0.294. The molecule has 2 aromatic rings. The highest BCUT2D eigenvalue weighted by molar-refractivity contribution is 5.91. The maximum atomic E-state index is 12.1. The predicted octanol–water partition coefficient (Wildman–Crippen LogP) is 0.677. The van der Waals surface area contributed by atoms with Gasteiger partial charge in [-0.05, 0) is 18.5 Å². The molecule has 1 aromatic heterocycles. The fourth-order valence-electron chi connectivity index (χ4n) is 2.88. The monoisotopic (exact) mass is 327 g/mol. The van der Waals surface area contributed by atoms with Gasteiger partial charge in [0, 0.05) is 18.8 Å². The van der Waals surface area contributed by atoms with E-state index in [9.17, 15) is 9.59 Å². The second kappa shape index (κ2) is 7.27. The van der Waals surface area contributed by atoms with Gasteiger partial charge in [0.25, 0.3) is 0 Å². The fourth-order valence-corrected chi connectivity index (χ4v) is 2.88. The zero-order valence-electron chi connectivity index (χ0n) is 13.4. The molecule has 0 bridgehead atoms. The van der Waals surface area contributed by atoms with E-state index in [2.05, 4.69) is 10.4 Å². The standard InChI is InChI=1S/C17H21N5O2/c18-17(24)14-6-8-21(11-14)12-16(23)19-15-7-9-22(20-15)10-13-4-2-1-3-5-13/h1-5,7,9,14H,6,8,10-12H2,(H2,18,24)(H,19,20,23)/t14-/m0/s1. The molecule has 2 heterocycles. The van der Waals surface area contributed by atoms with Crippen LogP contribution in [-0.2, 0) is 16.1 Å². The number of nitrogens with zero attached hydrogens (tertiary/aromatic N) is 3. The molecule has 2 amide bonds. The lowest BCUT2D eigenvalue weighted by Gasteiger charge is -2.14. The zero-order valence-corrected chi connectivity index (χ0v) is 13.4. The van der Waals surface area contributed by atoms with Gasteiger partial charge in [0.1, 0.15) is 0 Å². The summed E-state index contributed by atoms with van der Waals surface area (Å²) in [7, 11) is 0. The molecule has 7 heteroatoms. The van der Waals surface area contributed by atoms with E-state index >= 15 is 0 Å². The van der Waals surface area contributed by atoms with E-state index < -0.39 is 0 Å².